The molecule has 1 aliphatic rings. The average molecular weight is 429 g/mol. The molecule has 0 radical (unpaired) electrons. The number of carbonyl (C=O) groups is 1. The van der Waals surface area contributed by atoms with Gasteiger partial charge in [0.25, 0.3) is 5.91 Å². The molecule has 8 heteroatoms. The van der Waals surface area contributed by atoms with E-state index in [2.05, 4.69) is 26.1 Å². The number of nitrogens with zero attached hydrogens (tertiary/aromatic N) is 5. The first-order valence-electron chi connectivity index (χ1n) is 10.6. The summed E-state index contributed by atoms with van der Waals surface area (Å²) in [5, 5.41) is 6.16. The molecule has 2 aromatic heterocycles. The number of hydrogen-bond acceptors (Lipinski definition) is 7. The number of anilines is 1. The van der Waals surface area contributed by atoms with Gasteiger partial charge < -0.3 is 19.1 Å². The number of ether oxygens (including phenoxy) is 1. The van der Waals surface area contributed by atoms with E-state index < -0.39 is 0 Å². The van der Waals surface area contributed by atoms with E-state index >= 15 is 0 Å². The van der Waals surface area contributed by atoms with E-state index in [1.165, 1.54) is 0 Å². The molecule has 8 nitrogen and oxygen atoms in total. The first-order chi connectivity index (χ1) is 15.7. The molecule has 1 fully saturated rings. The second-order valence-electron chi connectivity index (χ2n) is 7.71. The molecule has 5 rings (SSSR count). The van der Waals surface area contributed by atoms with Gasteiger partial charge in [0.1, 0.15) is 11.6 Å². The molecule has 0 saturated carbocycles. The quantitative estimate of drug-likeness (QED) is 0.481. The minimum Gasteiger partial charge on any atom is -0.484 e. The van der Waals surface area contributed by atoms with Gasteiger partial charge in [0.2, 0.25) is 11.7 Å². The number of rotatable bonds is 5. The smallest absolute Gasteiger partial charge is 0.260 e. The van der Waals surface area contributed by atoms with Gasteiger partial charge in [0.15, 0.2) is 6.61 Å². The summed E-state index contributed by atoms with van der Waals surface area (Å²) < 4.78 is 10.8. The van der Waals surface area contributed by atoms with E-state index in [1.807, 2.05) is 53.4 Å². The highest BCUT2D eigenvalue weighted by molar-refractivity contribution is 5.84. The molecule has 162 valence electrons. The van der Waals surface area contributed by atoms with Crippen molar-refractivity contribution >= 4 is 22.5 Å². The predicted molar refractivity (Wildman–Crippen MR) is 121 cm³/mol. The monoisotopic (exact) mass is 429 g/mol. The second-order valence-corrected chi connectivity index (χ2v) is 7.71. The van der Waals surface area contributed by atoms with Crippen molar-refractivity contribution in [3.63, 3.8) is 0 Å². The van der Waals surface area contributed by atoms with Gasteiger partial charge in [0, 0.05) is 44.9 Å². The van der Waals surface area contributed by atoms with Gasteiger partial charge in [-0.25, -0.2) is 4.98 Å². The third-order valence-electron chi connectivity index (χ3n) is 5.57. The Bertz CT molecular complexity index is 1230. The lowest BCUT2D eigenvalue weighted by atomic mass is 10.1. The molecule has 0 bridgehead atoms. The fourth-order valence-corrected chi connectivity index (χ4v) is 3.80. The van der Waals surface area contributed by atoms with Crippen LogP contribution >= 0.6 is 0 Å². The molecular weight excluding hydrogens is 406 g/mol. The molecule has 3 heterocycles. The van der Waals surface area contributed by atoms with Gasteiger partial charge >= 0.3 is 0 Å². The van der Waals surface area contributed by atoms with Gasteiger partial charge in [-0.2, -0.15) is 4.98 Å². The summed E-state index contributed by atoms with van der Waals surface area (Å²) in [6.07, 6.45) is 1.74. The minimum absolute atomic E-state index is 0.00593. The Balaban J connectivity index is 1.14. The Kier molecular flexibility index (Phi) is 5.41. The lowest BCUT2D eigenvalue weighted by molar-refractivity contribution is -0.133. The van der Waals surface area contributed by atoms with Gasteiger partial charge in [-0.1, -0.05) is 35.5 Å². The highest BCUT2D eigenvalue weighted by Gasteiger charge is 2.22. The second kappa shape index (κ2) is 8.66. The molecule has 0 N–H and O–H groups in total. The van der Waals surface area contributed by atoms with Crippen LogP contribution < -0.4 is 9.64 Å². The van der Waals surface area contributed by atoms with Crippen molar-refractivity contribution in [3.8, 4) is 17.1 Å². The maximum atomic E-state index is 12.6. The molecule has 0 spiro atoms. The molecule has 0 aliphatic carbocycles. The van der Waals surface area contributed by atoms with Crippen molar-refractivity contribution in [1.29, 1.82) is 0 Å². The van der Waals surface area contributed by atoms with E-state index in [-0.39, 0.29) is 12.5 Å². The summed E-state index contributed by atoms with van der Waals surface area (Å²) in [6.45, 7) is 4.49. The summed E-state index contributed by atoms with van der Waals surface area (Å²) in [5.74, 6) is 2.62. The number of pyridine rings is 1. The molecule has 1 saturated heterocycles. The SMILES string of the molecule is Cc1nc(-c2ccc(N3CCN(C(=O)COc4ccc5ccccc5c4)CC3)nc2)no1. The first kappa shape index (κ1) is 20.0. The van der Waals surface area contributed by atoms with Crippen LogP contribution in [0.2, 0.25) is 0 Å². The number of aromatic nitrogens is 3. The first-order valence-corrected chi connectivity index (χ1v) is 10.6. The minimum atomic E-state index is -0.00593. The standard InChI is InChI=1S/C24H23N5O3/c1-17-26-24(27-32-17)20-7-9-22(25-15-20)28-10-12-29(13-11-28)23(30)16-31-21-8-6-18-4-2-3-5-19(18)14-21/h2-9,14-15H,10-13,16H2,1H3. The number of benzene rings is 2. The Morgan fingerprint density at radius 3 is 2.56 bits per heavy atom. The number of carbonyl (C=O) groups excluding carboxylic acids is 1. The normalized spacial score (nSPS) is 14.0. The topological polar surface area (TPSA) is 84.6 Å². The molecule has 1 aliphatic heterocycles. The third-order valence-corrected chi connectivity index (χ3v) is 5.57. The van der Waals surface area contributed by atoms with Crippen LogP contribution in [0.5, 0.6) is 5.75 Å². The van der Waals surface area contributed by atoms with Crippen molar-refractivity contribution in [2.75, 3.05) is 37.7 Å². The Morgan fingerprint density at radius 1 is 1.03 bits per heavy atom. The lowest BCUT2D eigenvalue weighted by Gasteiger charge is -2.35. The van der Waals surface area contributed by atoms with Crippen LogP contribution in [-0.4, -0.2) is 58.7 Å². The fourth-order valence-electron chi connectivity index (χ4n) is 3.80. The highest BCUT2D eigenvalue weighted by Crippen LogP contribution is 2.21. The number of fused-ring (bicyclic) bond motifs is 1. The molecule has 4 aromatic rings. The number of hydrogen-bond donors (Lipinski definition) is 0. The van der Waals surface area contributed by atoms with Crippen molar-refractivity contribution < 1.29 is 14.1 Å². The number of aryl methyl sites for hydroxylation is 1. The predicted octanol–water partition coefficient (Wildman–Crippen LogP) is 3.32. The maximum Gasteiger partial charge on any atom is 0.260 e. The van der Waals surface area contributed by atoms with Crippen LogP contribution in [0.4, 0.5) is 5.82 Å². The highest BCUT2D eigenvalue weighted by atomic mass is 16.5. The zero-order valence-electron chi connectivity index (χ0n) is 17.8. The third kappa shape index (κ3) is 4.25. The lowest BCUT2D eigenvalue weighted by Crippen LogP contribution is -2.50. The maximum absolute atomic E-state index is 12.6. The van der Waals surface area contributed by atoms with Crippen LogP contribution in [-0.2, 0) is 4.79 Å². The van der Waals surface area contributed by atoms with E-state index in [1.54, 1.807) is 13.1 Å². The molecule has 0 unspecified atom stereocenters. The van der Waals surface area contributed by atoms with Crippen LogP contribution in [0.25, 0.3) is 22.2 Å². The van der Waals surface area contributed by atoms with Crippen LogP contribution in [0.3, 0.4) is 0 Å². The largest absolute Gasteiger partial charge is 0.484 e. The van der Waals surface area contributed by atoms with Crippen LogP contribution in [0, 0.1) is 6.92 Å². The molecule has 32 heavy (non-hydrogen) atoms. The van der Waals surface area contributed by atoms with Gasteiger partial charge in [-0.05, 0) is 35.0 Å². The van der Waals surface area contributed by atoms with Crippen molar-refractivity contribution in [2.45, 2.75) is 6.92 Å². The van der Waals surface area contributed by atoms with Gasteiger partial charge in [0.05, 0.1) is 0 Å². The van der Waals surface area contributed by atoms with Crippen LogP contribution in [0.15, 0.2) is 65.3 Å². The molecule has 1 amide bonds. The summed E-state index contributed by atoms with van der Waals surface area (Å²) in [5.41, 5.74) is 0.810. The van der Waals surface area contributed by atoms with E-state index in [9.17, 15) is 4.79 Å². The number of amides is 1. The zero-order valence-corrected chi connectivity index (χ0v) is 17.8. The van der Waals surface area contributed by atoms with Crippen molar-refractivity contribution in [3.05, 3.63) is 66.7 Å². The van der Waals surface area contributed by atoms with Crippen LogP contribution in [0.1, 0.15) is 5.89 Å². The summed E-state index contributed by atoms with van der Waals surface area (Å²) in [4.78, 5) is 25.4. The van der Waals surface area contributed by atoms with Crippen molar-refractivity contribution in [2.24, 2.45) is 0 Å². The van der Waals surface area contributed by atoms with Gasteiger partial charge in [-0.15, -0.1) is 0 Å². The average Bonchev–Trinajstić information content (AvgIpc) is 3.29. The Morgan fingerprint density at radius 2 is 1.84 bits per heavy atom. The van der Waals surface area contributed by atoms with Gasteiger partial charge in [-0.3, -0.25) is 4.79 Å². The summed E-state index contributed by atoms with van der Waals surface area (Å²) in [7, 11) is 0. The number of piperazine rings is 1. The van der Waals surface area contributed by atoms with E-state index in [0.717, 1.165) is 35.2 Å². The zero-order chi connectivity index (χ0) is 21.9. The summed E-state index contributed by atoms with van der Waals surface area (Å²) in [6, 6.07) is 17.8. The Hall–Kier alpha value is -3.94. The Labute approximate surface area is 185 Å². The van der Waals surface area contributed by atoms with Crippen molar-refractivity contribution in [1.82, 2.24) is 20.0 Å². The van der Waals surface area contributed by atoms with E-state index in [4.69, 9.17) is 9.26 Å². The fraction of sp³-hybridized carbons (Fsp3) is 0.250. The molecule has 2 aromatic carbocycles. The molecule has 0 atom stereocenters. The van der Waals surface area contributed by atoms with E-state index in [0.29, 0.717) is 30.6 Å². The summed E-state index contributed by atoms with van der Waals surface area (Å²) >= 11 is 0. The molecular formula is C24H23N5O3.